The first-order chi connectivity index (χ1) is 11.8. The molecule has 0 fully saturated rings. The Hall–Kier alpha value is -2.02. The summed E-state index contributed by atoms with van der Waals surface area (Å²) in [4.78, 5) is 10.6. The minimum absolute atomic E-state index is 0.297. The van der Waals surface area contributed by atoms with Crippen LogP contribution in [0, 0.1) is 0 Å². The average molecular weight is 329 g/mol. The van der Waals surface area contributed by atoms with E-state index in [-0.39, 0.29) is 0 Å². The Morgan fingerprint density at radius 1 is 1.33 bits per heavy atom. The van der Waals surface area contributed by atoms with Gasteiger partial charge in [0.1, 0.15) is 12.1 Å². The average Bonchev–Trinajstić information content (AvgIpc) is 2.62. The molecular weight excluding hydrogens is 306 g/mol. The number of methoxy groups -OCH3 is 1. The van der Waals surface area contributed by atoms with Crippen LogP contribution in [0.1, 0.15) is 16.8 Å². The second-order valence-electron chi connectivity index (χ2n) is 5.96. The number of hydrogen-bond acceptors (Lipinski definition) is 6. The summed E-state index contributed by atoms with van der Waals surface area (Å²) in [5.41, 5.74) is 3.24. The van der Waals surface area contributed by atoms with Crippen LogP contribution in [0.3, 0.4) is 0 Å². The van der Waals surface area contributed by atoms with Crippen molar-refractivity contribution in [3.05, 3.63) is 53.6 Å². The number of fused-ring (bicyclic) bond motifs is 1. The summed E-state index contributed by atoms with van der Waals surface area (Å²) in [7, 11) is 1.64. The predicted molar refractivity (Wildman–Crippen MR) is 89.7 cm³/mol. The van der Waals surface area contributed by atoms with Crippen LogP contribution in [-0.4, -0.2) is 52.9 Å². The first-order valence-electron chi connectivity index (χ1n) is 8.14. The van der Waals surface area contributed by atoms with Gasteiger partial charge < -0.3 is 14.6 Å². The van der Waals surface area contributed by atoms with E-state index in [2.05, 4.69) is 14.9 Å². The molecule has 1 N–H and O–H groups in total. The number of β-amino-alcohol motifs (C(OH)–C–C–N with tert-alkyl or cyclic N) is 1. The second kappa shape index (κ2) is 8.19. The number of rotatable bonds is 7. The molecule has 1 unspecified atom stereocenters. The summed E-state index contributed by atoms with van der Waals surface area (Å²) < 4.78 is 10.9. The number of nitrogens with zero attached hydrogens (tertiary/aromatic N) is 3. The summed E-state index contributed by atoms with van der Waals surface area (Å²) in [5, 5.41) is 10.2. The lowest BCUT2D eigenvalue weighted by Gasteiger charge is -2.29. The van der Waals surface area contributed by atoms with E-state index in [4.69, 9.17) is 9.47 Å². The number of aliphatic hydroxyl groups excluding tert-OH is 1. The van der Waals surface area contributed by atoms with Crippen molar-refractivity contribution in [2.45, 2.75) is 25.7 Å². The zero-order chi connectivity index (χ0) is 16.8. The molecule has 6 heteroatoms. The second-order valence-corrected chi connectivity index (χ2v) is 5.96. The van der Waals surface area contributed by atoms with E-state index in [0.29, 0.717) is 19.8 Å². The highest BCUT2D eigenvalue weighted by atomic mass is 16.5. The third kappa shape index (κ3) is 4.29. The van der Waals surface area contributed by atoms with Crippen LogP contribution < -0.4 is 4.74 Å². The van der Waals surface area contributed by atoms with E-state index in [1.807, 2.05) is 30.5 Å². The monoisotopic (exact) mass is 329 g/mol. The van der Waals surface area contributed by atoms with Gasteiger partial charge in [0.15, 0.2) is 0 Å². The lowest BCUT2D eigenvalue weighted by molar-refractivity contribution is 0.00702. The van der Waals surface area contributed by atoms with Gasteiger partial charge >= 0.3 is 0 Å². The largest absolute Gasteiger partial charge is 0.496 e. The van der Waals surface area contributed by atoms with Gasteiger partial charge in [0, 0.05) is 31.4 Å². The smallest absolute Gasteiger partial charge is 0.124 e. The number of para-hydroxylation sites is 1. The van der Waals surface area contributed by atoms with Gasteiger partial charge in [0.05, 0.1) is 32.1 Å². The molecule has 6 nitrogen and oxygen atoms in total. The Labute approximate surface area is 142 Å². The van der Waals surface area contributed by atoms with Gasteiger partial charge in [0.25, 0.3) is 0 Å². The van der Waals surface area contributed by atoms with Crippen molar-refractivity contribution in [1.29, 1.82) is 0 Å². The molecule has 24 heavy (non-hydrogen) atoms. The molecule has 1 aliphatic rings. The SMILES string of the molecule is COc1ccccc1COCC(O)CN1CCc2cncnc2C1. The molecule has 1 aromatic heterocycles. The molecule has 0 amide bonds. The van der Waals surface area contributed by atoms with E-state index in [0.717, 1.165) is 36.5 Å². The Kier molecular flexibility index (Phi) is 5.74. The molecule has 0 aliphatic carbocycles. The highest BCUT2D eigenvalue weighted by Crippen LogP contribution is 2.18. The molecule has 0 saturated carbocycles. The number of benzene rings is 1. The third-order valence-corrected chi connectivity index (χ3v) is 4.18. The maximum absolute atomic E-state index is 10.2. The van der Waals surface area contributed by atoms with Crippen LogP contribution in [0.2, 0.25) is 0 Å². The van der Waals surface area contributed by atoms with Gasteiger partial charge in [-0.15, -0.1) is 0 Å². The summed E-state index contributed by atoms with van der Waals surface area (Å²) in [5.74, 6) is 0.805. The minimum Gasteiger partial charge on any atom is -0.496 e. The van der Waals surface area contributed by atoms with Crippen LogP contribution in [0.15, 0.2) is 36.8 Å². The topological polar surface area (TPSA) is 67.7 Å². The van der Waals surface area contributed by atoms with Crippen LogP contribution >= 0.6 is 0 Å². The van der Waals surface area contributed by atoms with E-state index < -0.39 is 6.10 Å². The Morgan fingerprint density at radius 2 is 2.21 bits per heavy atom. The van der Waals surface area contributed by atoms with Gasteiger partial charge in [-0.1, -0.05) is 18.2 Å². The number of ether oxygens (including phenoxy) is 2. The predicted octanol–water partition coefficient (Wildman–Crippen LogP) is 1.42. The van der Waals surface area contributed by atoms with Crippen LogP contribution in [0.25, 0.3) is 0 Å². The molecule has 3 rings (SSSR count). The summed E-state index contributed by atoms with van der Waals surface area (Å²) >= 11 is 0. The fraction of sp³-hybridized carbons (Fsp3) is 0.444. The Bertz CT molecular complexity index is 665. The fourth-order valence-corrected chi connectivity index (χ4v) is 2.94. The van der Waals surface area contributed by atoms with E-state index in [9.17, 15) is 5.11 Å². The quantitative estimate of drug-likeness (QED) is 0.829. The molecule has 1 atom stereocenters. The summed E-state index contributed by atoms with van der Waals surface area (Å²) in [6.45, 7) is 2.96. The molecule has 0 saturated heterocycles. The highest BCUT2D eigenvalue weighted by molar-refractivity contribution is 5.32. The molecule has 0 spiro atoms. The van der Waals surface area contributed by atoms with Gasteiger partial charge in [-0.2, -0.15) is 0 Å². The van der Waals surface area contributed by atoms with Crippen LogP contribution in [-0.2, 0) is 24.3 Å². The molecule has 0 bridgehead atoms. The molecule has 0 radical (unpaired) electrons. The van der Waals surface area contributed by atoms with E-state index in [1.165, 1.54) is 5.56 Å². The van der Waals surface area contributed by atoms with E-state index in [1.54, 1.807) is 13.4 Å². The lowest BCUT2D eigenvalue weighted by atomic mass is 10.1. The van der Waals surface area contributed by atoms with Crippen molar-refractivity contribution in [2.24, 2.45) is 0 Å². The highest BCUT2D eigenvalue weighted by Gasteiger charge is 2.19. The first kappa shape index (κ1) is 16.8. The maximum atomic E-state index is 10.2. The molecule has 1 aromatic carbocycles. The number of aliphatic hydroxyl groups is 1. The van der Waals surface area contributed by atoms with Crippen molar-refractivity contribution >= 4 is 0 Å². The number of aromatic nitrogens is 2. The van der Waals surface area contributed by atoms with Gasteiger partial charge in [-0.25, -0.2) is 9.97 Å². The third-order valence-electron chi connectivity index (χ3n) is 4.18. The van der Waals surface area contributed by atoms with Crippen molar-refractivity contribution in [3.63, 3.8) is 0 Å². The summed E-state index contributed by atoms with van der Waals surface area (Å²) in [6.07, 6.45) is 3.86. The molecule has 1 aliphatic heterocycles. The van der Waals surface area contributed by atoms with Crippen molar-refractivity contribution in [3.8, 4) is 5.75 Å². The zero-order valence-electron chi connectivity index (χ0n) is 13.9. The first-order valence-corrected chi connectivity index (χ1v) is 8.14. The molecule has 2 heterocycles. The van der Waals surface area contributed by atoms with Crippen molar-refractivity contribution in [1.82, 2.24) is 14.9 Å². The van der Waals surface area contributed by atoms with Gasteiger partial charge in [-0.05, 0) is 18.1 Å². The van der Waals surface area contributed by atoms with Gasteiger partial charge in [0.2, 0.25) is 0 Å². The molecule has 2 aromatic rings. The van der Waals surface area contributed by atoms with Crippen molar-refractivity contribution < 1.29 is 14.6 Å². The summed E-state index contributed by atoms with van der Waals surface area (Å²) in [6, 6.07) is 7.74. The fourth-order valence-electron chi connectivity index (χ4n) is 2.94. The normalized spacial score (nSPS) is 15.8. The molecular formula is C18H23N3O3. The van der Waals surface area contributed by atoms with Crippen LogP contribution in [0.5, 0.6) is 5.75 Å². The van der Waals surface area contributed by atoms with Crippen LogP contribution in [0.4, 0.5) is 0 Å². The number of hydrogen-bond donors (Lipinski definition) is 1. The molecule has 128 valence electrons. The maximum Gasteiger partial charge on any atom is 0.124 e. The standard InChI is InChI=1S/C18H23N3O3/c1-23-18-5-3-2-4-15(18)11-24-12-16(22)9-21-7-6-14-8-19-13-20-17(14)10-21/h2-5,8,13,16,22H,6-7,9-12H2,1H3. The lowest BCUT2D eigenvalue weighted by Crippen LogP contribution is -2.38. The zero-order valence-corrected chi connectivity index (χ0v) is 13.9. The van der Waals surface area contributed by atoms with E-state index >= 15 is 0 Å². The minimum atomic E-state index is -0.525. The van der Waals surface area contributed by atoms with Gasteiger partial charge in [-0.3, -0.25) is 4.90 Å². The van der Waals surface area contributed by atoms with Crippen molar-refractivity contribution in [2.75, 3.05) is 26.8 Å². The Balaban J connectivity index is 1.44. The Morgan fingerprint density at radius 3 is 3.08 bits per heavy atom.